The average Bonchev–Trinajstić information content (AvgIpc) is 3.28. The molecule has 10 aromatic carbocycles. The predicted molar refractivity (Wildman–Crippen MR) is 237 cm³/mol. The summed E-state index contributed by atoms with van der Waals surface area (Å²) in [5.41, 5.74) is 9.82. The molecule has 2 heteroatoms. The van der Waals surface area contributed by atoms with E-state index in [0.29, 0.717) is 5.82 Å². The van der Waals surface area contributed by atoms with Crippen LogP contribution in [0.2, 0.25) is 0 Å². The van der Waals surface area contributed by atoms with Gasteiger partial charge in [-0.25, -0.2) is 9.97 Å². The van der Waals surface area contributed by atoms with E-state index in [4.69, 9.17) is 9.97 Å². The average molecular weight is 711 g/mol. The highest BCUT2D eigenvalue weighted by Gasteiger charge is 2.17. The fraction of sp³-hybridized carbons (Fsp3) is 0. The second-order valence-corrected chi connectivity index (χ2v) is 14.5. The Morgan fingerprint density at radius 1 is 0.250 bits per heavy atom. The molecule has 0 spiro atoms. The molecule has 0 N–H and O–H groups in total. The van der Waals surface area contributed by atoms with Crippen LogP contribution in [-0.2, 0) is 0 Å². The molecular formula is C54H34N2. The highest BCUT2D eigenvalue weighted by Crippen LogP contribution is 2.42. The number of aromatic nitrogens is 2. The fourth-order valence-electron chi connectivity index (χ4n) is 8.61. The smallest absolute Gasteiger partial charge is 0.160 e. The number of rotatable bonds is 5. The first kappa shape index (κ1) is 32.0. The van der Waals surface area contributed by atoms with Gasteiger partial charge in [0.1, 0.15) is 0 Å². The van der Waals surface area contributed by atoms with Crippen molar-refractivity contribution in [2.45, 2.75) is 0 Å². The number of hydrogen-bond acceptors (Lipinski definition) is 2. The highest BCUT2D eigenvalue weighted by molar-refractivity contribution is 6.20. The van der Waals surface area contributed by atoms with E-state index in [1.807, 2.05) is 18.2 Å². The Bertz CT molecular complexity index is 3290. The molecule has 0 saturated heterocycles. The highest BCUT2D eigenvalue weighted by atomic mass is 14.9. The van der Waals surface area contributed by atoms with E-state index in [1.54, 1.807) is 0 Å². The van der Waals surface area contributed by atoms with Crippen LogP contribution in [0, 0.1) is 0 Å². The molecule has 56 heavy (non-hydrogen) atoms. The lowest BCUT2D eigenvalue weighted by atomic mass is 9.88. The molecule has 0 aliphatic rings. The number of hydrogen-bond donors (Lipinski definition) is 0. The summed E-state index contributed by atoms with van der Waals surface area (Å²) in [5.74, 6) is 0.712. The van der Waals surface area contributed by atoms with Crippen molar-refractivity contribution in [3.8, 4) is 56.2 Å². The summed E-state index contributed by atoms with van der Waals surface area (Å²) in [6, 6.07) is 74.1. The van der Waals surface area contributed by atoms with E-state index < -0.39 is 0 Å². The summed E-state index contributed by atoms with van der Waals surface area (Å²) in [7, 11) is 0. The zero-order valence-corrected chi connectivity index (χ0v) is 30.5. The first-order chi connectivity index (χ1) is 27.8. The van der Waals surface area contributed by atoms with Crippen molar-refractivity contribution in [1.82, 2.24) is 9.97 Å². The lowest BCUT2D eigenvalue weighted by Crippen LogP contribution is -1.97. The van der Waals surface area contributed by atoms with Crippen LogP contribution in [0.15, 0.2) is 206 Å². The molecule has 0 atom stereocenters. The van der Waals surface area contributed by atoms with E-state index in [1.165, 1.54) is 70.7 Å². The first-order valence-electron chi connectivity index (χ1n) is 19.2. The van der Waals surface area contributed by atoms with E-state index in [9.17, 15) is 0 Å². The van der Waals surface area contributed by atoms with E-state index >= 15 is 0 Å². The van der Waals surface area contributed by atoms with Crippen molar-refractivity contribution < 1.29 is 0 Å². The minimum Gasteiger partial charge on any atom is -0.228 e. The predicted octanol–water partition coefficient (Wildman–Crippen LogP) is 14.6. The molecule has 0 fully saturated rings. The van der Waals surface area contributed by atoms with Gasteiger partial charge in [-0.15, -0.1) is 0 Å². The monoisotopic (exact) mass is 710 g/mol. The van der Waals surface area contributed by atoms with Gasteiger partial charge in [-0.2, -0.15) is 0 Å². The second-order valence-electron chi connectivity index (χ2n) is 14.5. The Labute approximate surface area is 325 Å². The maximum absolute atomic E-state index is 5.23. The molecule has 260 valence electrons. The Balaban J connectivity index is 1.06. The first-order valence-corrected chi connectivity index (χ1v) is 19.2. The Morgan fingerprint density at radius 3 is 1.54 bits per heavy atom. The van der Waals surface area contributed by atoms with E-state index in [2.05, 4.69) is 188 Å². The van der Waals surface area contributed by atoms with Gasteiger partial charge in [0.2, 0.25) is 0 Å². The number of benzene rings is 10. The zero-order chi connectivity index (χ0) is 37.0. The lowest BCUT2D eigenvalue weighted by Gasteiger charge is -2.16. The summed E-state index contributed by atoms with van der Waals surface area (Å²) in [5, 5.41) is 12.3. The van der Waals surface area contributed by atoms with Crippen LogP contribution in [0.3, 0.4) is 0 Å². The van der Waals surface area contributed by atoms with Gasteiger partial charge in [-0.3, -0.25) is 0 Å². The van der Waals surface area contributed by atoms with Gasteiger partial charge in [0.15, 0.2) is 5.82 Å². The number of nitrogens with zero attached hydrogens (tertiary/aromatic N) is 2. The molecule has 0 unspecified atom stereocenters. The molecule has 0 saturated carbocycles. The summed E-state index contributed by atoms with van der Waals surface area (Å²) in [6.45, 7) is 0. The Hall–Kier alpha value is -7.42. The standard InChI is InChI=1S/C54H34N2/c1-2-15-39(16-3-1)54-55-51(47-24-12-18-35-13-4-7-19-41(35)47)34-52(56-54)48-32-31-43(45-22-10-11-23-46(45)48)37-25-27-38(28-26-37)53-44-21-9-6-17-40(44)33-50-42-20-8-5-14-36(42)29-30-49(50)53/h1-34H. The minimum atomic E-state index is 0.712. The van der Waals surface area contributed by atoms with Crippen LogP contribution >= 0.6 is 0 Å². The summed E-state index contributed by atoms with van der Waals surface area (Å²) >= 11 is 0. The van der Waals surface area contributed by atoms with Crippen LogP contribution in [0.5, 0.6) is 0 Å². The second kappa shape index (κ2) is 13.2. The number of fused-ring (bicyclic) bond motifs is 6. The summed E-state index contributed by atoms with van der Waals surface area (Å²) < 4.78 is 0. The molecule has 1 heterocycles. The van der Waals surface area contributed by atoms with Crippen molar-refractivity contribution in [3.05, 3.63) is 206 Å². The van der Waals surface area contributed by atoms with E-state index in [0.717, 1.165) is 33.5 Å². The lowest BCUT2D eigenvalue weighted by molar-refractivity contribution is 1.19. The fourth-order valence-corrected chi connectivity index (χ4v) is 8.61. The van der Waals surface area contributed by atoms with Gasteiger partial charge in [-0.05, 0) is 88.2 Å². The third-order valence-electron chi connectivity index (χ3n) is 11.3. The van der Waals surface area contributed by atoms with Gasteiger partial charge in [-0.1, -0.05) is 194 Å². The molecule has 2 nitrogen and oxygen atoms in total. The maximum Gasteiger partial charge on any atom is 0.160 e. The molecule has 0 amide bonds. The van der Waals surface area contributed by atoms with Crippen molar-refractivity contribution in [3.63, 3.8) is 0 Å². The molecule has 0 aliphatic heterocycles. The van der Waals surface area contributed by atoms with Crippen molar-refractivity contribution in [1.29, 1.82) is 0 Å². The molecule has 0 radical (unpaired) electrons. The van der Waals surface area contributed by atoms with Crippen LogP contribution in [0.4, 0.5) is 0 Å². The van der Waals surface area contributed by atoms with Gasteiger partial charge >= 0.3 is 0 Å². The minimum absolute atomic E-state index is 0.712. The largest absolute Gasteiger partial charge is 0.228 e. The molecule has 0 aliphatic carbocycles. The van der Waals surface area contributed by atoms with Crippen molar-refractivity contribution in [2.24, 2.45) is 0 Å². The summed E-state index contributed by atoms with van der Waals surface area (Å²) in [4.78, 5) is 10.4. The van der Waals surface area contributed by atoms with Gasteiger partial charge in [0.05, 0.1) is 11.4 Å². The molecule has 0 bridgehead atoms. The summed E-state index contributed by atoms with van der Waals surface area (Å²) in [6.07, 6.45) is 0. The Kier molecular flexibility index (Phi) is 7.53. The topological polar surface area (TPSA) is 25.8 Å². The van der Waals surface area contributed by atoms with Crippen LogP contribution in [0.1, 0.15) is 0 Å². The van der Waals surface area contributed by atoms with Crippen LogP contribution < -0.4 is 0 Å². The third-order valence-corrected chi connectivity index (χ3v) is 11.3. The van der Waals surface area contributed by atoms with Crippen molar-refractivity contribution in [2.75, 3.05) is 0 Å². The van der Waals surface area contributed by atoms with Crippen LogP contribution in [0.25, 0.3) is 110 Å². The normalized spacial score (nSPS) is 11.6. The zero-order valence-electron chi connectivity index (χ0n) is 30.5. The molecular weight excluding hydrogens is 677 g/mol. The van der Waals surface area contributed by atoms with Gasteiger partial charge < -0.3 is 0 Å². The van der Waals surface area contributed by atoms with Gasteiger partial charge in [0.25, 0.3) is 0 Å². The molecule has 11 rings (SSSR count). The van der Waals surface area contributed by atoms with E-state index in [-0.39, 0.29) is 0 Å². The molecule has 1 aromatic heterocycles. The quantitative estimate of drug-likeness (QED) is 0.131. The SMILES string of the molecule is c1ccc(-c2nc(-c3cccc4ccccc34)cc(-c3ccc(-c4ccc(-c5c6ccccc6cc6c5ccc5ccccc56)cc4)c4ccccc34)n2)cc1. The third kappa shape index (κ3) is 5.34. The van der Waals surface area contributed by atoms with Gasteiger partial charge in [0, 0.05) is 16.7 Å². The maximum atomic E-state index is 5.23. The Morgan fingerprint density at radius 2 is 0.786 bits per heavy atom. The van der Waals surface area contributed by atoms with Crippen molar-refractivity contribution >= 4 is 53.9 Å². The molecule has 11 aromatic rings. The van der Waals surface area contributed by atoms with Crippen LogP contribution in [-0.4, -0.2) is 9.97 Å².